The van der Waals surface area contributed by atoms with Crippen molar-refractivity contribution in [2.75, 3.05) is 66.4 Å². The lowest BCUT2D eigenvalue weighted by molar-refractivity contribution is -0.0651. The van der Waals surface area contributed by atoms with Gasteiger partial charge in [-0.05, 0) is 149 Å². The smallest absolute Gasteiger partial charge is 0.0934 e. The fourth-order valence-electron chi connectivity index (χ4n) is 14.0. The summed E-state index contributed by atoms with van der Waals surface area (Å²) >= 11 is 0. The molecule has 1 saturated heterocycles. The quantitative estimate of drug-likeness (QED) is 0.0461. The minimum absolute atomic E-state index is 0.0992. The van der Waals surface area contributed by atoms with Crippen molar-refractivity contribution in [3.8, 4) is 0 Å². The maximum atomic E-state index is 6.56. The number of rotatable bonds is 36. The highest BCUT2D eigenvalue weighted by molar-refractivity contribution is 5.25. The predicted octanol–water partition coefficient (Wildman–Crippen LogP) is 15.4. The Bertz CT molecular complexity index is 1300. The Kier molecular flexibility index (Phi) is 26.1. The highest BCUT2D eigenvalue weighted by Crippen LogP contribution is 2.67. The number of nitrogens with zero attached hydrogens (tertiary/aromatic N) is 1. The van der Waals surface area contributed by atoms with Crippen LogP contribution in [-0.4, -0.2) is 89.6 Å². The molecule has 0 aromatic carbocycles. The Morgan fingerprint density at radius 3 is 2.12 bits per heavy atom. The molecule has 378 valence electrons. The first-order valence-electron chi connectivity index (χ1n) is 28.7. The number of hydrogen-bond acceptors (Lipinski definition) is 6. The summed E-state index contributed by atoms with van der Waals surface area (Å²) in [6.07, 6.45) is 45.2. The van der Waals surface area contributed by atoms with Gasteiger partial charge in [-0.2, -0.15) is 0 Å². The van der Waals surface area contributed by atoms with Crippen molar-refractivity contribution < 1.29 is 23.7 Å². The van der Waals surface area contributed by atoms with Crippen LogP contribution in [0.1, 0.15) is 221 Å². The number of methoxy groups -OCH3 is 1. The largest absolute Gasteiger partial charge is 0.381 e. The van der Waals surface area contributed by atoms with Gasteiger partial charge >= 0.3 is 0 Å². The second kappa shape index (κ2) is 30.8. The maximum Gasteiger partial charge on any atom is 0.0934 e. The molecular formula is C59H107NO5. The molecule has 0 amide bonds. The second-order valence-corrected chi connectivity index (χ2v) is 23.3. The first kappa shape index (κ1) is 55.2. The molecule has 0 aromatic rings. The van der Waals surface area contributed by atoms with Crippen molar-refractivity contribution >= 4 is 0 Å². The summed E-state index contributed by atoms with van der Waals surface area (Å²) in [5, 5.41) is 0. The van der Waals surface area contributed by atoms with Gasteiger partial charge in [0.1, 0.15) is 0 Å². The van der Waals surface area contributed by atoms with E-state index in [1.165, 1.54) is 148 Å². The van der Waals surface area contributed by atoms with Gasteiger partial charge in [-0.1, -0.05) is 142 Å². The van der Waals surface area contributed by atoms with Gasteiger partial charge in [0.2, 0.25) is 0 Å². The van der Waals surface area contributed by atoms with E-state index in [-0.39, 0.29) is 6.10 Å². The highest BCUT2D eigenvalue weighted by atomic mass is 16.5. The molecule has 0 radical (unpaired) electrons. The highest BCUT2D eigenvalue weighted by Gasteiger charge is 2.59. The number of allylic oxidation sites excluding steroid dienone is 3. The molecule has 4 aliphatic carbocycles. The van der Waals surface area contributed by atoms with Crippen LogP contribution < -0.4 is 0 Å². The molecule has 0 spiro atoms. The number of ether oxygens (including phenoxy) is 5. The number of hydrogen-bond donors (Lipinski definition) is 0. The fraction of sp³-hybridized carbons (Fsp3) is 0.932. The zero-order valence-corrected chi connectivity index (χ0v) is 44.1. The van der Waals surface area contributed by atoms with Gasteiger partial charge in [-0.3, -0.25) is 4.90 Å². The Balaban J connectivity index is 0.889. The number of likely N-dealkylation sites (tertiary alicyclic amines) is 1. The van der Waals surface area contributed by atoms with Gasteiger partial charge in [-0.25, -0.2) is 0 Å². The van der Waals surface area contributed by atoms with E-state index < -0.39 is 0 Å². The average Bonchev–Trinajstić information content (AvgIpc) is 3.91. The summed E-state index contributed by atoms with van der Waals surface area (Å²) in [7, 11) is 1.84. The van der Waals surface area contributed by atoms with Gasteiger partial charge < -0.3 is 23.7 Å². The van der Waals surface area contributed by atoms with Crippen LogP contribution in [0.3, 0.4) is 0 Å². The molecule has 6 nitrogen and oxygen atoms in total. The summed E-state index contributed by atoms with van der Waals surface area (Å²) < 4.78 is 30.9. The Hall–Kier alpha value is -0.760. The summed E-state index contributed by atoms with van der Waals surface area (Å²) in [6, 6.07) is 0. The average molecular weight is 911 g/mol. The van der Waals surface area contributed by atoms with E-state index in [0.717, 1.165) is 120 Å². The van der Waals surface area contributed by atoms with Crippen molar-refractivity contribution in [1.82, 2.24) is 4.90 Å². The lowest BCUT2D eigenvalue weighted by atomic mass is 9.47. The van der Waals surface area contributed by atoms with Crippen LogP contribution >= 0.6 is 0 Å². The molecule has 3 saturated carbocycles. The second-order valence-electron chi connectivity index (χ2n) is 23.3. The van der Waals surface area contributed by atoms with Crippen LogP contribution in [-0.2, 0) is 23.7 Å². The molecule has 2 unspecified atom stereocenters. The summed E-state index contributed by atoms with van der Waals surface area (Å²) in [4.78, 5) is 2.49. The van der Waals surface area contributed by atoms with E-state index in [1.54, 1.807) is 5.57 Å². The molecule has 6 heteroatoms. The molecule has 0 bridgehead atoms. The van der Waals surface area contributed by atoms with Crippen LogP contribution in [0.25, 0.3) is 0 Å². The number of fused-ring (bicyclic) bond motifs is 5. The van der Waals surface area contributed by atoms with Crippen LogP contribution in [0.5, 0.6) is 0 Å². The van der Waals surface area contributed by atoms with Crippen LogP contribution in [0, 0.1) is 46.3 Å². The van der Waals surface area contributed by atoms with Gasteiger partial charge in [0.05, 0.1) is 24.9 Å². The monoisotopic (exact) mass is 910 g/mol. The van der Waals surface area contributed by atoms with Crippen molar-refractivity contribution in [1.29, 1.82) is 0 Å². The van der Waals surface area contributed by atoms with Gasteiger partial charge in [0, 0.05) is 59.8 Å². The zero-order chi connectivity index (χ0) is 46.2. The third-order valence-corrected chi connectivity index (χ3v) is 18.0. The van der Waals surface area contributed by atoms with E-state index in [1.807, 2.05) is 7.11 Å². The van der Waals surface area contributed by atoms with Crippen LogP contribution in [0.15, 0.2) is 23.8 Å². The summed E-state index contributed by atoms with van der Waals surface area (Å²) in [5.74, 6) is 5.39. The third-order valence-electron chi connectivity index (χ3n) is 18.0. The number of unbranched alkanes of at least 4 members (excludes halogenated alkanes) is 12. The third kappa shape index (κ3) is 18.2. The van der Waals surface area contributed by atoms with Crippen molar-refractivity contribution in [3.05, 3.63) is 23.8 Å². The summed E-state index contributed by atoms with van der Waals surface area (Å²) in [6.45, 7) is 22.6. The van der Waals surface area contributed by atoms with E-state index in [9.17, 15) is 0 Å². The normalized spacial score (nSPS) is 30.2. The van der Waals surface area contributed by atoms with Gasteiger partial charge in [-0.15, -0.1) is 0 Å². The van der Waals surface area contributed by atoms with Crippen molar-refractivity contribution in [2.45, 2.75) is 240 Å². The maximum absolute atomic E-state index is 6.56. The Morgan fingerprint density at radius 2 is 1.40 bits per heavy atom. The van der Waals surface area contributed by atoms with Crippen LogP contribution in [0.4, 0.5) is 0 Å². The molecule has 0 aromatic heterocycles. The standard InChI is InChI=1S/C59H107NO5/c1-8-9-10-11-12-13-14-15-16-17-18-19-20-21-22-23-39-63-47-53(46-60-38-35-52(45-60)61-7)65-43-26-41-62-40-25-42-64-51-33-36-58(5)50(44-51)29-30-54-56-32-31-55(49(4)28-24-27-48(2)3)59(56,6)37-34-57(54)58/h15-16,29,48-49,51-57H,8-14,17-28,30-47H2,1-7H3/b16-15-/t49-,51+,52?,53?,54+,55-,56+,57+,58+,59-/m1/s1. The molecule has 10 atom stereocenters. The lowest BCUT2D eigenvalue weighted by Gasteiger charge is -2.58. The minimum atomic E-state index is 0.0992. The zero-order valence-electron chi connectivity index (χ0n) is 44.1. The van der Waals surface area contributed by atoms with Gasteiger partial charge in [0.25, 0.3) is 0 Å². The molecule has 1 aliphatic heterocycles. The van der Waals surface area contributed by atoms with Crippen LogP contribution in [0.2, 0.25) is 0 Å². The molecule has 1 heterocycles. The summed E-state index contributed by atoms with van der Waals surface area (Å²) in [5.41, 5.74) is 2.71. The first-order chi connectivity index (χ1) is 31.7. The molecule has 5 rings (SSSR count). The molecular weight excluding hydrogens is 803 g/mol. The van der Waals surface area contributed by atoms with E-state index in [0.29, 0.717) is 29.6 Å². The minimum Gasteiger partial charge on any atom is -0.381 e. The molecule has 0 N–H and O–H groups in total. The van der Waals surface area contributed by atoms with E-state index >= 15 is 0 Å². The Morgan fingerprint density at radius 1 is 0.692 bits per heavy atom. The SMILES string of the molecule is CCCCCCCC/C=C\CCCCCCCCOCC(CN1CCC(OC)C1)OCCCOCCCO[C@H]1CC[C@@]2(C)C(=CC[C@H]3[C@@H]4CC[C@H]([C@H](C)CCCC(C)C)[C@@]4(C)CC[C@@H]32)C1. The Labute approximate surface area is 403 Å². The predicted molar refractivity (Wildman–Crippen MR) is 275 cm³/mol. The van der Waals surface area contributed by atoms with E-state index in [2.05, 4.69) is 64.7 Å². The van der Waals surface area contributed by atoms with E-state index in [4.69, 9.17) is 23.7 Å². The molecule has 65 heavy (non-hydrogen) atoms. The van der Waals surface area contributed by atoms with Crippen molar-refractivity contribution in [3.63, 3.8) is 0 Å². The topological polar surface area (TPSA) is 49.4 Å². The first-order valence-corrected chi connectivity index (χ1v) is 28.7. The van der Waals surface area contributed by atoms with Gasteiger partial charge in [0.15, 0.2) is 0 Å². The fourth-order valence-corrected chi connectivity index (χ4v) is 14.0. The molecule has 4 fully saturated rings. The molecule has 5 aliphatic rings. The van der Waals surface area contributed by atoms with Crippen molar-refractivity contribution in [2.24, 2.45) is 46.3 Å². The lowest BCUT2D eigenvalue weighted by Crippen LogP contribution is -2.51.